The number of carbonyl (C=O) groups is 2. The number of likely N-dealkylation sites (N-methyl/N-ethyl adjacent to an activating group) is 1. The lowest BCUT2D eigenvalue weighted by molar-refractivity contribution is -0.176. The summed E-state index contributed by atoms with van der Waals surface area (Å²) in [6, 6.07) is 25.7. The predicted molar refractivity (Wildman–Crippen MR) is 148 cm³/mol. The summed E-state index contributed by atoms with van der Waals surface area (Å²) in [5, 5.41) is 6.19. The van der Waals surface area contributed by atoms with Gasteiger partial charge in [-0.25, -0.2) is 0 Å². The highest BCUT2D eigenvalue weighted by Crippen LogP contribution is 2.30. The van der Waals surface area contributed by atoms with Crippen molar-refractivity contribution >= 4 is 17.3 Å². The van der Waals surface area contributed by atoms with Crippen molar-refractivity contribution in [3.05, 3.63) is 126 Å². The Morgan fingerprint density at radius 1 is 0.784 bits per heavy atom. The van der Waals surface area contributed by atoms with Crippen LogP contribution in [0.5, 0.6) is 0 Å². The van der Waals surface area contributed by atoms with Crippen LogP contribution in [0.4, 0.5) is 5.69 Å². The fourth-order valence-electron chi connectivity index (χ4n) is 4.21. The Labute approximate surface area is 219 Å². The summed E-state index contributed by atoms with van der Waals surface area (Å²) in [4.78, 5) is 25.3. The van der Waals surface area contributed by atoms with Gasteiger partial charge in [-0.05, 0) is 37.7 Å². The number of rotatable bonds is 9. The SMILES string of the molecule is CNc1ccc(C(=O)C2(NC)C=CC=CC2)cc1.COC(OC)(C(=O)c1ccccc1)c1ccccc1. The number of benzene rings is 3. The zero-order valence-corrected chi connectivity index (χ0v) is 21.7. The van der Waals surface area contributed by atoms with Crippen LogP contribution in [0.2, 0.25) is 0 Å². The molecular formula is C31H34N2O4. The molecule has 0 bridgehead atoms. The van der Waals surface area contributed by atoms with Crippen LogP contribution in [0.25, 0.3) is 0 Å². The van der Waals surface area contributed by atoms with E-state index in [2.05, 4.69) is 10.6 Å². The summed E-state index contributed by atoms with van der Waals surface area (Å²) in [6.07, 6.45) is 8.51. The van der Waals surface area contributed by atoms with E-state index < -0.39 is 11.3 Å². The molecule has 0 saturated carbocycles. The monoisotopic (exact) mass is 498 g/mol. The topological polar surface area (TPSA) is 76.7 Å². The summed E-state index contributed by atoms with van der Waals surface area (Å²) in [6.45, 7) is 0. The van der Waals surface area contributed by atoms with Crippen LogP contribution >= 0.6 is 0 Å². The van der Waals surface area contributed by atoms with E-state index in [0.29, 0.717) is 17.5 Å². The van der Waals surface area contributed by atoms with Crippen molar-refractivity contribution in [2.24, 2.45) is 0 Å². The Bertz CT molecular complexity index is 1220. The number of hydrogen-bond acceptors (Lipinski definition) is 6. The Morgan fingerprint density at radius 2 is 1.38 bits per heavy atom. The number of Topliss-reactive ketones (excluding diaryl/α,β-unsaturated/α-hetero) is 2. The second kappa shape index (κ2) is 12.9. The number of methoxy groups -OCH3 is 2. The molecule has 3 aromatic rings. The minimum absolute atomic E-state index is 0.105. The zero-order valence-electron chi connectivity index (χ0n) is 21.7. The predicted octanol–water partition coefficient (Wildman–Crippen LogP) is 5.40. The van der Waals surface area contributed by atoms with E-state index in [0.717, 1.165) is 11.3 Å². The Morgan fingerprint density at radius 3 is 1.86 bits per heavy atom. The molecule has 6 nitrogen and oxygen atoms in total. The molecule has 4 rings (SSSR count). The van der Waals surface area contributed by atoms with Gasteiger partial charge in [0.15, 0.2) is 5.78 Å². The quantitative estimate of drug-likeness (QED) is 0.304. The molecule has 0 fully saturated rings. The van der Waals surface area contributed by atoms with Gasteiger partial charge in [0.05, 0.1) is 0 Å². The van der Waals surface area contributed by atoms with Crippen LogP contribution in [0.1, 0.15) is 32.7 Å². The maximum absolute atomic E-state index is 12.7. The summed E-state index contributed by atoms with van der Waals surface area (Å²) in [5.74, 6) is -1.51. The van der Waals surface area contributed by atoms with Crippen LogP contribution in [0, 0.1) is 0 Å². The third-order valence-electron chi connectivity index (χ3n) is 6.42. The summed E-state index contributed by atoms with van der Waals surface area (Å²) in [5.41, 5.74) is 2.35. The van der Waals surface area contributed by atoms with Crippen molar-refractivity contribution in [2.75, 3.05) is 33.6 Å². The molecule has 37 heavy (non-hydrogen) atoms. The van der Waals surface area contributed by atoms with Gasteiger partial charge in [-0.1, -0.05) is 85.0 Å². The first-order valence-corrected chi connectivity index (χ1v) is 12.1. The summed E-state index contributed by atoms with van der Waals surface area (Å²) in [7, 11) is 6.62. The molecule has 1 aliphatic rings. The van der Waals surface area contributed by atoms with Crippen molar-refractivity contribution in [3.63, 3.8) is 0 Å². The molecule has 1 unspecified atom stereocenters. The van der Waals surface area contributed by atoms with Gasteiger partial charge in [0.25, 0.3) is 5.79 Å². The summed E-state index contributed by atoms with van der Waals surface area (Å²) < 4.78 is 10.8. The minimum Gasteiger partial charge on any atom is -0.388 e. The largest absolute Gasteiger partial charge is 0.388 e. The average Bonchev–Trinajstić information content (AvgIpc) is 2.99. The van der Waals surface area contributed by atoms with Crippen LogP contribution in [-0.2, 0) is 15.3 Å². The standard InChI is InChI=1S/C16H16O3.C15H18N2O/c1-18-16(19-2,14-11-7-4-8-12-14)15(17)13-9-5-3-6-10-13;1-16-13-8-6-12(7-9-13)14(18)15(17-2)10-4-3-5-11-15/h3-12H,1-2H3;3-10,16-17H,11H2,1-2H3. The number of anilines is 1. The smallest absolute Gasteiger partial charge is 0.260 e. The Hall–Kier alpha value is -3.84. The number of carbonyl (C=O) groups excluding carboxylic acids is 2. The number of nitrogens with one attached hydrogen (secondary N) is 2. The van der Waals surface area contributed by atoms with E-state index in [-0.39, 0.29) is 11.6 Å². The van der Waals surface area contributed by atoms with E-state index >= 15 is 0 Å². The first kappa shape index (κ1) is 27.7. The summed E-state index contributed by atoms with van der Waals surface area (Å²) >= 11 is 0. The molecule has 2 N–H and O–H groups in total. The third kappa shape index (κ3) is 6.12. The zero-order chi connectivity index (χ0) is 26.7. The van der Waals surface area contributed by atoms with E-state index in [1.165, 1.54) is 14.2 Å². The van der Waals surface area contributed by atoms with Crippen molar-refractivity contribution in [3.8, 4) is 0 Å². The molecule has 1 atom stereocenters. The lowest BCUT2D eigenvalue weighted by Crippen LogP contribution is -2.48. The van der Waals surface area contributed by atoms with E-state index in [4.69, 9.17) is 9.47 Å². The van der Waals surface area contributed by atoms with Crippen LogP contribution < -0.4 is 10.6 Å². The van der Waals surface area contributed by atoms with Crippen LogP contribution in [0.15, 0.2) is 109 Å². The average molecular weight is 499 g/mol. The fourth-order valence-corrected chi connectivity index (χ4v) is 4.21. The van der Waals surface area contributed by atoms with Gasteiger partial charge < -0.3 is 20.1 Å². The molecule has 6 heteroatoms. The van der Waals surface area contributed by atoms with Gasteiger partial charge in [0.2, 0.25) is 5.78 Å². The van der Waals surface area contributed by atoms with Gasteiger partial charge >= 0.3 is 0 Å². The molecule has 0 aromatic heterocycles. The van der Waals surface area contributed by atoms with Crippen molar-refractivity contribution in [1.29, 1.82) is 0 Å². The second-order valence-corrected chi connectivity index (χ2v) is 8.46. The highest BCUT2D eigenvalue weighted by Gasteiger charge is 2.41. The first-order valence-electron chi connectivity index (χ1n) is 12.1. The molecule has 192 valence electrons. The van der Waals surface area contributed by atoms with Gasteiger partial charge in [-0.3, -0.25) is 9.59 Å². The maximum Gasteiger partial charge on any atom is 0.260 e. The van der Waals surface area contributed by atoms with E-state index in [1.807, 2.05) is 111 Å². The highest BCUT2D eigenvalue weighted by molar-refractivity contribution is 6.05. The maximum atomic E-state index is 12.7. The minimum atomic E-state index is -1.40. The van der Waals surface area contributed by atoms with Crippen LogP contribution in [-0.4, -0.2) is 45.4 Å². The van der Waals surface area contributed by atoms with Crippen molar-refractivity contribution < 1.29 is 19.1 Å². The van der Waals surface area contributed by atoms with Crippen LogP contribution in [0.3, 0.4) is 0 Å². The van der Waals surface area contributed by atoms with E-state index in [1.54, 1.807) is 12.1 Å². The third-order valence-corrected chi connectivity index (χ3v) is 6.42. The second-order valence-electron chi connectivity index (χ2n) is 8.46. The lowest BCUT2D eigenvalue weighted by atomic mass is 9.83. The van der Waals surface area contributed by atoms with Gasteiger partial charge in [-0.15, -0.1) is 0 Å². The van der Waals surface area contributed by atoms with Gasteiger partial charge in [0, 0.05) is 43.6 Å². The molecule has 0 spiro atoms. The molecule has 0 saturated heterocycles. The number of ether oxygens (including phenoxy) is 2. The Kier molecular flexibility index (Phi) is 9.69. The fraction of sp³-hybridized carbons (Fsp3) is 0.226. The first-order chi connectivity index (χ1) is 18.0. The number of hydrogen-bond donors (Lipinski definition) is 2. The van der Waals surface area contributed by atoms with Gasteiger partial charge in [0.1, 0.15) is 5.54 Å². The lowest BCUT2D eigenvalue weighted by Gasteiger charge is -2.29. The normalized spacial score (nSPS) is 16.4. The van der Waals surface area contributed by atoms with Crippen molar-refractivity contribution in [1.82, 2.24) is 5.32 Å². The molecule has 0 amide bonds. The van der Waals surface area contributed by atoms with Gasteiger partial charge in [-0.2, -0.15) is 0 Å². The molecule has 0 heterocycles. The molecule has 0 aliphatic heterocycles. The molecule has 1 aliphatic carbocycles. The Balaban J connectivity index is 0.000000206. The molecule has 3 aromatic carbocycles. The van der Waals surface area contributed by atoms with Crippen molar-refractivity contribution in [2.45, 2.75) is 17.7 Å². The number of allylic oxidation sites excluding steroid dienone is 2. The number of ketones is 2. The highest BCUT2D eigenvalue weighted by atomic mass is 16.7. The van der Waals surface area contributed by atoms with E-state index in [9.17, 15) is 9.59 Å². The molecule has 0 radical (unpaired) electrons. The molecular weight excluding hydrogens is 464 g/mol.